The van der Waals surface area contributed by atoms with Crippen LogP contribution in [0.4, 0.5) is 0 Å². The Bertz CT molecular complexity index is 802. The third kappa shape index (κ3) is 5.42. The third-order valence-electron chi connectivity index (χ3n) is 3.84. The molecule has 0 fully saturated rings. The molecule has 0 unspecified atom stereocenters. The zero-order valence-corrected chi connectivity index (χ0v) is 16.6. The summed E-state index contributed by atoms with van der Waals surface area (Å²) in [6, 6.07) is 8.11. The molecule has 25 heavy (non-hydrogen) atoms. The summed E-state index contributed by atoms with van der Waals surface area (Å²) in [5.74, 6) is 0. The lowest BCUT2D eigenvalue weighted by Gasteiger charge is -2.17. The maximum atomic E-state index is 12.6. The van der Waals surface area contributed by atoms with Gasteiger partial charge in [0.25, 0.3) is 0 Å². The molecule has 7 heteroatoms. The minimum Gasteiger partial charge on any atom is -0.253 e. The molecule has 0 bridgehead atoms. The van der Waals surface area contributed by atoms with Gasteiger partial charge in [-0.2, -0.15) is 0 Å². The van der Waals surface area contributed by atoms with Gasteiger partial charge in [0.05, 0.1) is 20.6 Å². The molecule has 0 aliphatic heterocycles. The molecule has 1 N–H and O–H groups in total. The standard InChI is InChI=1S/C18H22Cl2N2O2S/c1-3-5-15(6-4-2)22-25(23,24)16-9-7-13(8-10-16)18-17(20)11-14(19)12-21-18/h7-12,15,22H,3-6H2,1-2H3. The highest BCUT2D eigenvalue weighted by Gasteiger charge is 2.19. The molecule has 1 heterocycles. The van der Waals surface area contributed by atoms with Gasteiger partial charge in [0.2, 0.25) is 10.0 Å². The highest BCUT2D eigenvalue weighted by Crippen LogP contribution is 2.28. The largest absolute Gasteiger partial charge is 0.253 e. The Hall–Kier alpha value is -1.14. The van der Waals surface area contributed by atoms with Crippen LogP contribution in [0.25, 0.3) is 11.3 Å². The van der Waals surface area contributed by atoms with Crippen LogP contribution in [0.15, 0.2) is 41.4 Å². The van der Waals surface area contributed by atoms with Crippen molar-refractivity contribution in [3.63, 3.8) is 0 Å². The molecule has 0 saturated heterocycles. The van der Waals surface area contributed by atoms with E-state index in [1.54, 1.807) is 30.3 Å². The van der Waals surface area contributed by atoms with Gasteiger partial charge in [-0.3, -0.25) is 4.98 Å². The maximum absolute atomic E-state index is 12.6. The Balaban J connectivity index is 2.23. The Morgan fingerprint density at radius 2 is 1.68 bits per heavy atom. The minimum atomic E-state index is -3.54. The van der Waals surface area contributed by atoms with Crippen molar-refractivity contribution < 1.29 is 8.42 Å². The van der Waals surface area contributed by atoms with E-state index in [1.165, 1.54) is 6.20 Å². The second-order valence-electron chi connectivity index (χ2n) is 5.90. The molecule has 0 aliphatic rings. The molecule has 1 aromatic carbocycles. The number of rotatable bonds is 8. The third-order valence-corrected chi connectivity index (χ3v) is 5.87. The fourth-order valence-corrected chi connectivity index (χ4v) is 4.46. The molecule has 0 saturated carbocycles. The normalized spacial score (nSPS) is 11.9. The van der Waals surface area contributed by atoms with Crippen LogP contribution in [-0.4, -0.2) is 19.4 Å². The molecule has 1 aromatic heterocycles. The van der Waals surface area contributed by atoms with E-state index in [9.17, 15) is 8.42 Å². The van der Waals surface area contributed by atoms with Crippen LogP contribution in [0.3, 0.4) is 0 Å². The number of pyridine rings is 1. The van der Waals surface area contributed by atoms with Crippen LogP contribution in [0.5, 0.6) is 0 Å². The minimum absolute atomic E-state index is 0.0351. The zero-order valence-electron chi connectivity index (χ0n) is 14.3. The average Bonchev–Trinajstić information content (AvgIpc) is 2.55. The molecule has 2 aromatic rings. The molecule has 0 radical (unpaired) electrons. The quantitative estimate of drug-likeness (QED) is 0.653. The van der Waals surface area contributed by atoms with Crippen LogP contribution < -0.4 is 4.72 Å². The molecular formula is C18H22Cl2N2O2S. The van der Waals surface area contributed by atoms with Crippen molar-refractivity contribution >= 4 is 33.2 Å². The van der Waals surface area contributed by atoms with Crippen LogP contribution >= 0.6 is 23.2 Å². The van der Waals surface area contributed by atoms with Crippen LogP contribution in [0, 0.1) is 0 Å². The first-order chi connectivity index (χ1) is 11.9. The summed E-state index contributed by atoms with van der Waals surface area (Å²) in [7, 11) is -3.54. The average molecular weight is 401 g/mol. The highest BCUT2D eigenvalue weighted by molar-refractivity contribution is 7.89. The van der Waals surface area contributed by atoms with Crippen molar-refractivity contribution in [2.75, 3.05) is 0 Å². The molecule has 0 atom stereocenters. The van der Waals surface area contributed by atoms with Gasteiger partial charge in [-0.15, -0.1) is 0 Å². The lowest BCUT2D eigenvalue weighted by Crippen LogP contribution is -2.34. The topological polar surface area (TPSA) is 59.1 Å². The second kappa shape index (κ2) is 8.99. The van der Waals surface area contributed by atoms with Gasteiger partial charge in [0, 0.05) is 17.8 Å². The predicted octanol–water partition coefficient (Wildman–Crippen LogP) is 5.30. The van der Waals surface area contributed by atoms with E-state index >= 15 is 0 Å². The SMILES string of the molecule is CCCC(CCC)NS(=O)(=O)c1ccc(-c2ncc(Cl)cc2Cl)cc1. The van der Waals surface area contributed by atoms with Crippen LogP contribution in [-0.2, 0) is 10.0 Å². The van der Waals surface area contributed by atoms with E-state index in [0.717, 1.165) is 31.2 Å². The van der Waals surface area contributed by atoms with E-state index in [1.807, 2.05) is 0 Å². The van der Waals surface area contributed by atoms with Gasteiger partial charge in [0.1, 0.15) is 0 Å². The molecule has 2 rings (SSSR count). The van der Waals surface area contributed by atoms with Gasteiger partial charge in [-0.05, 0) is 31.0 Å². The Labute approximate surface area is 159 Å². The van der Waals surface area contributed by atoms with Crippen molar-refractivity contribution in [3.8, 4) is 11.3 Å². The summed E-state index contributed by atoms with van der Waals surface area (Å²) in [6.07, 6.45) is 5.04. The molecular weight excluding hydrogens is 379 g/mol. The number of hydrogen-bond donors (Lipinski definition) is 1. The summed E-state index contributed by atoms with van der Waals surface area (Å²) >= 11 is 12.0. The van der Waals surface area contributed by atoms with Crippen molar-refractivity contribution in [1.29, 1.82) is 0 Å². The second-order valence-corrected chi connectivity index (χ2v) is 8.46. The van der Waals surface area contributed by atoms with Gasteiger partial charge < -0.3 is 0 Å². The van der Waals surface area contributed by atoms with Crippen molar-refractivity contribution in [1.82, 2.24) is 9.71 Å². The van der Waals surface area contributed by atoms with E-state index in [2.05, 4.69) is 23.6 Å². The van der Waals surface area contributed by atoms with Crippen molar-refractivity contribution in [3.05, 3.63) is 46.6 Å². The summed E-state index contributed by atoms with van der Waals surface area (Å²) in [5, 5.41) is 0.877. The summed E-state index contributed by atoms with van der Waals surface area (Å²) in [5.41, 5.74) is 1.30. The van der Waals surface area contributed by atoms with Crippen LogP contribution in [0.1, 0.15) is 39.5 Å². The van der Waals surface area contributed by atoms with E-state index in [0.29, 0.717) is 15.7 Å². The van der Waals surface area contributed by atoms with Gasteiger partial charge >= 0.3 is 0 Å². The van der Waals surface area contributed by atoms with Gasteiger partial charge in [0.15, 0.2) is 0 Å². The smallest absolute Gasteiger partial charge is 0.240 e. The highest BCUT2D eigenvalue weighted by atomic mass is 35.5. The molecule has 0 amide bonds. The predicted molar refractivity (Wildman–Crippen MR) is 104 cm³/mol. The monoisotopic (exact) mass is 400 g/mol. The number of benzene rings is 1. The molecule has 0 aliphatic carbocycles. The first-order valence-corrected chi connectivity index (χ1v) is 10.5. The summed E-state index contributed by atoms with van der Waals surface area (Å²) in [6.45, 7) is 4.10. The number of halogens is 2. The van der Waals surface area contributed by atoms with E-state index < -0.39 is 10.0 Å². The van der Waals surface area contributed by atoms with Gasteiger partial charge in [-0.25, -0.2) is 13.1 Å². The fraction of sp³-hybridized carbons (Fsp3) is 0.389. The number of sulfonamides is 1. The summed E-state index contributed by atoms with van der Waals surface area (Å²) in [4.78, 5) is 4.44. The molecule has 0 spiro atoms. The maximum Gasteiger partial charge on any atom is 0.240 e. The summed E-state index contributed by atoms with van der Waals surface area (Å²) < 4.78 is 28.0. The Morgan fingerprint density at radius 1 is 1.08 bits per heavy atom. The zero-order chi connectivity index (χ0) is 18.4. The molecule has 136 valence electrons. The Kier molecular flexibility index (Phi) is 7.25. The number of nitrogens with one attached hydrogen (secondary N) is 1. The number of aromatic nitrogens is 1. The Morgan fingerprint density at radius 3 is 2.20 bits per heavy atom. The first-order valence-electron chi connectivity index (χ1n) is 8.31. The van der Waals surface area contributed by atoms with Gasteiger partial charge in [-0.1, -0.05) is 62.0 Å². The number of hydrogen-bond acceptors (Lipinski definition) is 3. The van der Waals surface area contributed by atoms with E-state index in [4.69, 9.17) is 23.2 Å². The first kappa shape index (κ1) is 20.2. The van der Waals surface area contributed by atoms with Crippen molar-refractivity contribution in [2.45, 2.75) is 50.5 Å². The lowest BCUT2D eigenvalue weighted by molar-refractivity contribution is 0.494. The van der Waals surface area contributed by atoms with Crippen LogP contribution in [0.2, 0.25) is 10.0 Å². The lowest BCUT2D eigenvalue weighted by atomic mass is 10.1. The van der Waals surface area contributed by atoms with E-state index in [-0.39, 0.29) is 10.9 Å². The number of nitrogens with zero attached hydrogens (tertiary/aromatic N) is 1. The van der Waals surface area contributed by atoms with Crippen molar-refractivity contribution in [2.24, 2.45) is 0 Å². The molecule has 4 nitrogen and oxygen atoms in total. The fourth-order valence-electron chi connectivity index (χ4n) is 2.67.